The average molecular weight is 243 g/mol. The summed E-state index contributed by atoms with van der Waals surface area (Å²) in [5, 5.41) is 12.2. The number of furan rings is 1. The zero-order valence-corrected chi connectivity index (χ0v) is 9.65. The van der Waals surface area contributed by atoms with E-state index in [-0.39, 0.29) is 5.75 Å². The molecule has 0 aliphatic rings. The summed E-state index contributed by atoms with van der Waals surface area (Å²) in [6.45, 7) is 0. The SMILES string of the molecule is Oc1ccc(-c2nc(-c3ccoc3)cs2)cc1. The molecule has 0 aliphatic carbocycles. The third-order valence-electron chi connectivity index (χ3n) is 2.44. The van der Waals surface area contributed by atoms with Gasteiger partial charge in [0.1, 0.15) is 10.8 Å². The lowest BCUT2D eigenvalue weighted by Gasteiger charge is -1.95. The molecule has 2 heterocycles. The first-order valence-corrected chi connectivity index (χ1v) is 5.98. The highest BCUT2D eigenvalue weighted by Gasteiger charge is 2.07. The van der Waals surface area contributed by atoms with Crippen molar-refractivity contribution in [3.8, 4) is 27.6 Å². The maximum atomic E-state index is 9.23. The molecule has 0 aliphatic heterocycles. The van der Waals surface area contributed by atoms with Gasteiger partial charge in [0.2, 0.25) is 0 Å². The first-order valence-electron chi connectivity index (χ1n) is 5.10. The lowest BCUT2D eigenvalue weighted by molar-refractivity contribution is 0.475. The van der Waals surface area contributed by atoms with E-state index in [2.05, 4.69) is 4.98 Å². The van der Waals surface area contributed by atoms with E-state index in [0.717, 1.165) is 21.8 Å². The van der Waals surface area contributed by atoms with Gasteiger partial charge >= 0.3 is 0 Å². The maximum Gasteiger partial charge on any atom is 0.124 e. The second kappa shape index (κ2) is 4.07. The van der Waals surface area contributed by atoms with Gasteiger partial charge in [-0.15, -0.1) is 11.3 Å². The fraction of sp³-hybridized carbons (Fsp3) is 0. The molecule has 4 heteroatoms. The van der Waals surface area contributed by atoms with Crippen LogP contribution < -0.4 is 0 Å². The number of benzene rings is 1. The highest BCUT2D eigenvalue weighted by atomic mass is 32.1. The Morgan fingerprint density at radius 2 is 1.88 bits per heavy atom. The summed E-state index contributed by atoms with van der Waals surface area (Å²) < 4.78 is 5.03. The van der Waals surface area contributed by atoms with Crippen LogP contribution >= 0.6 is 11.3 Å². The largest absolute Gasteiger partial charge is 0.508 e. The van der Waals surface area contributed by atoms with Crippen molar-refractivity contribution in [2.75, 3.05) is 0 Å². The molecule has 1 aromatic carbocycles. The second-order valence-electron chi connectivity index (χ2n) is 3.60. The summed E-state index contributed by atoms with van der Waals surface area (Å²) >= 11 is 1.57. The number of aromatic nitrogens is 1. The zero-order chi connectivity index (χ0) is 11.7. The molecule has 17 heavy (non-hydrogen) atoms. The van der Waals surface area contributed by atoms with Gasteiger partial charge in [0.05, 0.1) is 18.2 Å². The minimum absolute atomic E-state index is 0.264. The number of hydrogen-bond acceptors (Lipinski definition) is 4. The number of aromatic hydroxyl groups is 1. The Hall–Kier alpha value is -2.07. The van der Waals surface area contributed by atoms with Crippen LogP contribution in [0, 0.1) is 0 Å². The molecule has 0 atom stereocenters. The highest BCUT2D eigenvalue weighted by molar-refractivity contribution is 7.13. The summed E-state index contributed by atoms with van der Waals surface area (Å²) in [5.74, 6) is 0.264. The minimum Gasteiger partial charge on any atom is -0.508 e. The van der Waals surface area contributed by atoms with E-state index in [1.165, 1.54) is 0 Å². The fourth-order valence-electron chi connectivity index (χ4n) is 1.55. The normalized spacial score (nSPS) is 10.6. The summed E-state index contributed by atoms with van der Waals surface area (Å²) in [4.78, 5) is 4.53. The van der Waals surface area contributed by atoms with E-state index in [0.29, 0.717) is 0 Å². The van der Waals surface area contributed by atoms with E-state index in [1.54, 1.807) is 36.0 Å². The van der Waals surface area contributed by atoms with Gasteiger partial charge in [-0.05, 0) is 30.3 Å². The summed E-state index contributed by atoms with van der Waals surface area (Å²) in [6.07, 6.45) is 3.31. The smallest absolute Gasteiger partial charge is 0.124 e. The fourth-order valence-corrected chi connectivity index (χ4v) is 2.39. The third-order valence-corrected chi connectivity index (χ3v) is 3.33. The van der Waals surface area contributed by atoms with Gasteiger partial charge in [0, 0.05) is 16.5 Å². The predicted molar refractivity (Wildman–Crippen MR) is 66.9 cm³/mol. The van der Waals surface area contributed by atoms with E-state index >= 15 is 0 Å². The van der Waals surface area contributed by atoms with E-state index in [4.69, 9.17) is 4.42 Å². The molecular formula is C13H9NO2S. The van der Waals surface area contributed by atoms with Crippen LogP contribution in [0.3, 0.4) is 0 Å². The maximum absolute atomic E-state index is 9.23. The van der Waals surface area contributed by atoms with Gasteiger partial charge in [0.15, 0.2) is 0 Å². The van der Waals surface area contributed by atoms with Crippen LogP contribution in [-0.2, 0) is 0 Å². The van der Waals surface area contributed by atoms with Crippen molar-refractivity contribution >= 4 is 11.3 Å². The summed E-state index contributed by atoms with van der Waals surface area (Å²) in [6, 6.07) is 8.92. The topological polar surface area (TPSA) is 46.3 Å². The van der Waals surface area contributed by atoms with Crippen molar-refractivity contribution < 1.29 is 9.52 Å². The number of phenolic OH excluding ortho intramolecular Hbond substituents is 1. The average Bonchev–Trinajstić information content (AvgIpc) is 3.00. The molecule has 0 saturated heterocycles. The van der Waals surface area contributed by atoms with Crippen LogP contribution in [0.25, 0.3) is 21.8 Å². The van der Waals surface area contributed by atoms with Gasteiger partial charge in [-0.3, -0.25) is 0 Å². The van der Waals surface area contributed by atoms with Gasteiger partial charge in [-0.25, -0.2) is 4.98 Å². The Kier molecular flexibility index (Phi) is 2.42. The Morgan fingerprint density at radius 3 is 2.59 bits per heavy atom. The van der Waals surface area contributed by atoms with E-state index < -0.39 is 0 Å². The minimum atomic E-state index is 0.264. The monoisotopic (exact) mass is 243 g/mol. The summed E-state index contributed by atoms with van der Waals surface area (Å²) in [7, 11) is 0. The molecule has 0 fully saturated rings. The Balaban J connectivity index is 1.98. The zero-order valence-electron chi connectivity index (χ0n) is 8.83. The van der Waals surface area contributed by atoms with Crippen LogP contribution in [0.15, 0.2) is 52.7 Å². The summed E-state index contributed by atoms with van der Waals surface area (Å²) in [5.41, 5.74) is 2.89. The van der Waals surface area contributed by atoms with Gasteiger partial charge in [0.25, 0.3) is 0 Å². The number of nitrogens with zero attached hydrogens (tertiary/aromatic N) is 1. The lowest BCUT2D eigenvalue weighted by Crippen LogP contribution is -1.77. The molecule has 0 radical (unpaired) electrons. The first kappa shape index (κ1) is 10.1. The molecule has 1 N–H and O–H groups in total. The molecule has 0 saturated carbocycles. The number of rotatable bonds is 2. The van der Waals surface area contributed by atoms with Crippen molar-refractivity contribution in [3.05, 3.63) is 48.2 Å². The molecule has 3 aromatic rings. The van der Waals surface area contributed by atoms with Gasteiger partial charge in [-0.1, -0.05) is 0 Å². The van der Waals surface area contributed by atoms with Crippen LogP contribution in [0.5, 0.6) is 5.75 Å². The number of hydrogen-bond donors (Lipinski definition) is 1. The Bertz CT molecular complexity index is 611. The Morgan fingerprint density at radius 1 is 1.06 bits per heavy atom. The van der Waals surface area contributed by atoms with Gasteiger partial charge < -0.3 is 9.52 Å². The lowest BCUT2D eigenvalue weighted by atomic mass is 10.2. The van der Waals surface area contributed by atoms with Crippen LogP contribution in [-0.4, -0.2) is 10.1 Å². The van der Waals surface area contributed by atoms with Crippen molar-refractivity contribution in [2.24, 2.45) is 0 Å². The second-order valence-corrected chi connectivity index (χ2v) is 4.45. The molecule has 0 bridgehead atoms. The van der Waals surface area contributed by atoms with Crippen LogP contribution in [0.4, 0.5) is 0 Å². The highest BCUT2D eigenvalue weighted by Crippen LogP contribution is 2.29. The predicted octanol–water partition coefficient (Wildman–Crippen LogP) is 3.78. The molecule has 84 valence electrons. The number of phenols is 1. The molecule has 0 spiro atoms. The van der Waals surface area contributed by atoms with Crippen LogP contribution in [0.1, 0.15) is 0 Å². The van der Waals surface area contributed by atoms with Crippen LogP contribution in [0.2, 0.25) is 0 Å². The third kappa shape index (κ3) is 1.94. The van der Waals surface area contributed by atoms with Gasteiger partial charge in [-0.2, -0.15) is 0 Å². The molecule has 3 rings (SSSR count). The molecule has 2 aromatic heterocycles. The number of thiazole rings is 1. The van der Waals surface area contributed by atoms with Crippen molar-refractivity contribution in [3.63, 3.8) is 0 Å². The molecular weight excluding hydrogens is 234 g/mol. The van der Waals surface area contributed by atoms with Crippen molar-refractivity contribution in [1.29, 1.82) is 0 Å². The van der Waals surface area contributed by atoms with E-state index in [9.17, 15) is 5.11 Å². The Labute approximate surface area is 102 Å². The quantitative estimate of drug-likeness (QED) is 0.745. The van der Waals surface area contributed by atoms with Crippen molar-refractivity contribution in [1.82, 2.24) is 4.98 Å². The molecule has 0 unspecified atom stereocenters. The van der Waals surface area contributed by atoms with E-state index in [1.807, 2.05) is 23.6 Å². The first-order chi connectivity index (χ1) is 8.33. The molecule has 3 nitrogen and oxygen atoms in total. The standard InChI is InChI=1S/C13H9NO2S/c15-11-3-1-9(2-4-11)13-14-12(8-17-13)10-5-6-16-7-10/h1-8,15H. The van der Waals surface area contributed by atoms with Crippen molar-refractivity contribution in [2.45, 2.75) is 0 Å². The molecule has 0 amide bonds.